The number of carbonyl (C=O) groups is 1. The average Bonchev–Trinajstić information content (AvgIpc) is 3.14. The van der Waals surface area contributed by atoms with Crippen LogP contribution < -0.4 is 144 Å². The maximum absolute atomic E-state index is 12.5. The number of anilines is 5. The topological polar surface area (TPSA) is 382 Å². The summed E-state index contributed by atoms with van der Waals surface area (Å²) in [5, 5.41) is 28.4. The van der Waals surface area contributed by atoms with Crippen molar-refractivity contribution in [2.45, 2.75) is 26.5 Å². The number of sulfone groups is 1. The normalized spacial score (nSPS) is 11.7. The minimum Gasteiger partial charge on any atom is -0.744 e. The summed E-state index contributed by atoms with van der Waals surface area (Å²) in [7, 11) is -18.6. The van der Waals surface area contributed by atoms with Gasteiger partial charge in [-0.1, -0.05) is 0 Å². The first-order valence-corrected chi connectivity index (χ1v) is 22.8. The number of benzene rings is 4. The molecule has 3 N–H and O–H groups in total. The molecule has 0 saturated heterocycles. The molecule has 0 aliphatic rings. The molecule has 326 valence electrons. The minimum atomic E-state index is -5.37. The van der Waals surface area contributed by atoms with Crippen molar-refractivity contribution in [2.24, 2.45) is 10.2 Å². The standard InChI is InChI=1S/C30H27ClN8O17S5.4Na/c1-15(40)32-21-13-23(34-30-36-28(31)35-29(37-30)33-17-3-5-19(6-4-17)58(42,43)8-7-54-61(50,51)52)25(53-2)14-22(21)38-39-24-12-20-16(10-27(24)60(47,48)49)9-18(57-56-55-41)11-26(20)59(44,45)46;;;;/h3-6,9-14,41H,7-8H2,1-2H3,(H,32,40)(H,44,45,46)(H,47,48,49)(H,50,51,52)(H2,33,34,35,36,37);;;;/q;4*+1/p-4. The summed E-state index contributed by atoms with van der Waals surface area (Å²) in [5.74, 6) is -1.84. The molecule has 1 amide bonds. The van der Waals surface area contributed by atoms with Gasteiger partial charge < -0.3 is 39.6 Å². The van der Waals surface area contributed by atoms with E-state index in [9.17, 15) is 57.4 Å². The number of methoxy groups -OCH3 is 1. The van der Waals surface area contributed by atoms with E-state index < -0.39 is 79.6 Å². The maximum atomic E-state index is 12.5. The van der Waals surface area contributed by atoms with Crippen molar-refractivity contribution in [1.82, 2.24) is 15.0 Å². The molecule has 1 aromatic heterocycles. The first kappa shape index (κ1) is 61.8. The van der Waals surface area contributed by atoms with E-state index in [1.807, 2.05) is 0 Å². The van der Waals surface area contributed by atoms with Crippen molar-refractivity contribution in [1.29, 1.82) is 0 Å². The van der Waals surface area contributed by atoms with E-state index in [1.54, 1.807) is 0 Å². The summed E-state index contributed by atoms with van der Waals surface area (Å²) in [6, 6.07) is 10.9. The smallest absolute Gasteiger partial charge is 0.744 e. The third-order valence-electron chi connectivity index (χ3n) is 7.46. The SMILES string of the molecule is COc1cc(N=Nc2cc3c(S(=O)(=O)[O-])cc(SOO[O-])cc3cc2S(=O)(=O)[O-])c(NC(C)=O)cc1Nc1nc(Cl)nc(Nc2ccc(S(=O)(=O)CCOS(=O)(=O)[O-])cc2)n1.[Na+].[Na+].[Na+].[Na+]. The molecule has 0 saturated carbocycles. The summed E-state index contributed by atoms with van der Waals surface area (Å²) in [6.45, 7) is 0.248. The van der Waals surface area contributed by atoms with Crippen molar-refractivity contribution in [2.75, 3.05) is 35.4 Å². The number of aromatic nitrogens is 3. The summed E-state index contributed by atoms with van der Waals surface area (Å²) in [6.07, 6.45) is 0. The molecule has 0 spiro atoms. The van der Waals surface area contributed by atoms with Gasteiger partial charge in [-0.05, 0) is 71.6 Å². The zero-order valence-electron chi connectivity index (χ0n) is 34.3. The first-order valence-electron chi connectivity index (χ1n) is 15.9. The van der Waals surface area contributed by atoms with E-state index in [2.05, 4.69) is 54.7 Å². The molecule has 0 radical (unpaired) electrons. The maximum Gasteiger partial charge on any atom is 1.00 e. The number of ether oxygens (including phenoxy) is 1. The van der Waals surface area contributed by atoms with Gasteiger partial charge in [0.2, 0.25) is 33.5 Å². The van der Waals surface area contributed by atoms with Crippen LogP contribution >= 0.6 is 23.6 Å². The molecule has 0 aliphatic heterocycles. The van der Waals surface area contributed by atoms with Gasteiger partial charge in [-0.15, -0.1) is 10.2 Å². The number of hydrogen-bond donors (Lipinski definition) is 3. The van der Waals surface area contributed by atoms with Crippen molar-refractivity contribution in [3.63, 3.8) is 0 Å². The molecule has 0 bridgehead atoms. The molecule has 1 heterocycles. The number of fused-ring (bicyclic) bond motifs is 1. The number of halogens is 1. The number of amides is 1. The second kappa shape index (κ2) is 26.1. The van der Waals surface area contributed by atoms with Crippen LogP contribution in [0.25, 0.3) is 10.8 Å². The van der Waals surface area contributed by atoms with E-state index in [-0.39, 0.29) is 191 Å². The third kappa shape index (κ3) is 17.9. The summed E-state index contributed by atoms with van der Waals surface area (Å²) < 4.78 is 144. The van der Waals surface area contributed by atoms with Crippen LogP contribution in [-0.4, -0.2) is 87.7 Å². The number of nitrogens with one attached hydrogen (secondary N) is 3. The molecule has 0 atom stereocenters. The van der Waals surface area contributed by atoms with Crippen LogP contribution in [-0.2, 0) is 58.8 Å². The molecule has 35 heteroatoms. The van der Waals surface area contributed by atoms with Crippen molar-refractivity contribution >= 4 is 121 Å². The van der Waals surface area contributed by atoms with Gasteiger partial charge in [-0.25, -0.2) is 33.7 Å². The van der Waals surface area contributed by atoms with Gasteiger partial charge >= 0.3 is 118 Å². The third-order valence-corrected chi connectivity index (χ3v) is 12.1. The van der Waals surface area contributed by atoms with Gasteiger partial charge in [-0.3, -0.25) is 14.0 Å². The van der Waals surface area contributed by atoms with Crippen molar-refractivity contribution < 1.29 is 194 Å². The molecule has 4 aromatic carbocycles. The van der Waals surface area contributed by atoms with Gasteiger partial charge in [0.1, 0.15) is 37.4 Å². The van der Waals surface area contributed by atoms with Crippen molar-refractivity contribution in [3.8, 4) is 5.75 Å². The van der Waals surface area contributed by atoms with Gasteiger partial charge in [-0.2, -0.15) is 19.3 Å². The van der Waals surface area contributed by atoms with E-state index >= 15 is 0 Å². The van der Waals surface area contributed by atoms with Crippen molar-refractivity contribution in [3.05, 3.63) is 65.9 Å². The number of hydrogen-bond acceptors (Lipinski definition) is 25. The zero-order chi connectivity index (χ0) is 44.9. The molecule has 0 aliphatic carbocycles. The Balaban J connectivity index is 0.00000528. The number of azo groups is 1. The first-order chi connectivity index (χ1) is 28.5. The number of nitrogens with zero attached hydrogens (tertiary/aromatic N) is 5. The Bertz CT molecular complexity index is 3020. The van der Waals surface area contributed by atoms with Crippen LogP contribution in [0.2, 0.25) is 5.28 Å². The predicted octanol–water partition coefficient (Wildman–Crippen LogP) is -9.15. The Labute approximate surface area is 467 Å². The number of rotatable bonds is 18. The minimum absolute atomic E-state index is 0. The van der Waals surface area contributed by atoms with Gasteiger partial charge in [0.25, 0.3) is 0 Å². The van der Waals surface area contributed by atoms with Crippen LogP contribution in [0.4, 0.5) is 40.3 Å². The fourth-order valence-electron chi connectivity index (χ4n) is 5.04. The Hall–Kier alpha value is -1.22. The van der Waals surface area contributed by atoms with Crippen LogP contribution in [0.15, 0.2) is 90.5 Å². The molecule has 5 aromatic rings. The van der Waals surface area contributed by atoms with E-state index in [0.717, 1.165) is 31.2 Å². The second-order valence-corrected chi connectivity index (χ2v) is 18.6. The average molecular weight is 1060 g/mol. The largest absolute Gasteiger partial charge is 1.00 e. The van der Waals surface area contributed by atoms with Gasteiger partial charge in [0.15, 0.2) is 9.84 Å². The van der Waals surface area contributed by atoms with Crippen LogP contribution in [0, 0.1) is 0 Å². The molecular weight excluding hydrogens is 1030 g/mol. The monoisotopic (exact) mass is 1050 g/mol. The zero-order valence-corrected chi connectivity index (χ0v) is 47.1. The molecule has 0 unspecified atom stereocenters. The van der Waals surface area contributed by atoms with Crippen LogP contribution in [0.5, 0.6) is 5.75 Å². The van der Waals surface area contributed by atoms with E-state index in [4.69, 9.17) is 16.3 Å². The van der Waals surface area contributed by atoms with E-state index in [1.165, 1.54) is 43.5 Å². The summed E-state index contributed by atoms with van der Waals surface area (Å²) in [5.41, 5.74) is -0.733. The Morgan fingerprint density at radius 3 is 1.92 bits per heavy atom. The van der Waals surface area contributed by atoms with Gasteiger partial charge in [0.05, 0.1) is 57.6 Å². The Morgan fingerprint density at radius 1 is 0.769 bits per heavy atom. The molecule has 0 fully saturated rings. The molecule has 5 rings (SSSR count). The molecular formula is C30H23ClN8Na4O17S5. The second-order valence-electron chi connectivity index (χ2n) is 11.6. The molecule has 65 heavy (non-hydrogen) atoms. The molecule has 25 nitrogen and oxygen atoms in total. The fourth-order valence-corrected chi connectivity index (χ4v) is 8.55. The van der Waals surface area contributed by atoms with Gasteiger partial charge in [0, 0.05) is 29.0 Å². The Morgan fingerprint density at radius 2 is 1.37 bits per heavy atom. The predicted molar refractivity (Wildman–Crippen MR) is 205 cm³/mol. The fraction of sp³-hybridized carbons (Fsp3) is 0.133. The quantitative estimate of drug-likeness (QED) is 0.0139. The Kier molecular flexibility index (Phi) is 24.8. The van der Waals surface area contributed by atoms with Crippen LogP contribution in [0.1, 0.15) is 6.92 Å². The summed E-state index contributed by atoms with van der Waals surface area (Å²) in [4.78, 5) is 22.1. The number of carbonyl (C=O) groups excluding carboxylic acids is 1. The summed E-state index contributed by atoms with van der Waals surface area (Å²) >= 11 is 6.33. The van der Waals surface area contributed by atoms with E-state index in [0.29, 0.717) is 0 Å². The van der Waals surface area contributed by atoms with Crippen LogP contribution in [0.3, 0.4) is 0 Å².